The largest absolute Gasteiger partial charge is 0.449 e. The Kier molecular flexibility index (Phi) is 4.61. The summed E-state index contributed by atoms with van der Waals surface area (Å²) in [6.07, 6.45) is 3.12. The van der Waals surface area contributed by atoms with Crippen molar-refractivity contribution in [3.8, 4) is 5.69 Å². The fraction of sp³-hybridized carbons (Fsp3) is 0.200. The summed E-state index contributed by atoms with van der Waals surface area (Å²) in [4.78, 5) is 23.1. The molecule has 0 saturated heterocycles. The van der Waals surface area contributed by atoms with Gasteiger partial charge in [-0.05, 0) is 43.7 Å². The summed E-state index contributed by atoms with van der Waals surface area (Å²) in [6.45, 7) is 3.89. The number of rotatable bonds is 3. The van der Waals surface area contributed by atoms with E-state index in [1.165, 1.54) is 0 Å². The first-order chi connectivity index (χ1) is 10.1. The Morgan fingerprint density at radius 1 is 1.19 bits per heavy atom. The van der Waals surface area contributed by atoms with Gasteiger partial charge in [-0.1, -0.05) is 6.07 Å². The summed E-state index contributed by atoms with van der Waals surface area (Å²) in [5.41, 5.74) is 6.88. The molecule has 0 radical (unpaired) electrons. The number of carbonyl (C=O) groups excluding carboxylic acids is 2. The van der Waals surface area contributed by atoms with Crippen LogP contribution in [0.2, 0.25) is 0 Å². The van der Waals surface area contributed by atoms with E-state index < -0.39 is 12.0 Å². The Morgan fingerprint density at radius 2 is 1.90 bits per heavy atom. The highest BCUT2D eigenvalue weighted by molar-refractivity contribution is 5.95. The summed E-state index contributed by atoms with van der Waals surface area (Å²) in [5.74, 6) is -0.406. The second kappa shape index (κ2) is 6.60. The second-order valence-electron chi connectivity index (χ2n) is 4.39. The molecule has 2 N–H and O–H groups in total. The summed E-state index contributed by atoms with van der Waals surface area (Å²) in [5, 5.41) is 0. The maximum Gasteiger partial charge on any atom is 0.426 e. The van der Waals surface area contributed by atoms with Crippen molar-refractivity contribution in [3.63, 3.8) is 0 Å². The van der Waals surface area contributed by atoms with Crippen molar-refractivity contribution in [1.29, 1.82) is 0 Å². The molecular weight excluding hydrogens is 270 g/mol. The third-order valence-electron chi connectivity index (χ3n) is 2.91. The van der Waals surface area contributed by atoms with Crippen LogP contribution >= 0.6 is 0 Å². The van der Waals surface area contributed by atoms with Crippen LogP contribution in [-0.2, 0) is 4.74 Å². The number of aryl methyl sites for hydroxylation is 1. The smallest absolute Gasteiger partial charge is 0.426 e. The van der Waals surface area contributed by atoms with Crippen LogP contribution in [0, 0.1) is 6.92 Å². The Bertz CT molecular complexity index is 636. The van der Waals surface area contributed by atoms with Crippen LogP contribution in [0.1, 0.15) is 22.8 Å². The number of nitrogens with zero attached hydrogens (tertiary/aromatic N) is 1. The van der Waals surface area contributed by atoms with E-state index in [1.54, 1.807) is 19.1 Å². The normalized spacial score (nSPS) is 10.0. The Balaban J connectivity index is 2.12. The number of aromatic nitrogens is 1. The molecule has 6 heteroatoms. The first-order valence-corrected chi connectivity index (χ1v) is 6.59. The molecule has 0 atom stereocenters. The summed E-state index contributed by atoms with van der Waals surface area (Å²) < 4.78 is 6.58. The highest BCUT2D eigenvalue weighted by atomic mass is 16.5. The monoisotopic (exact) mass is 287 g/mol. The zero-order valence-corrected chi connectivity index (χ0v) is 11.9. The number of hydrogen-bond donors (Lipinski definition) is 2. The Morgan fingerprint density at radius 3 is 2.57 bits per heavy atom. The average Bonchev–Trinajstić information content (AvgIpc) is 2.99. The van der Waals surface area contributed by atoms with Gasteiger partial charge < -0.3 is 9.30 Å². The predicted octanol–water partition coefficient (Wildman–Crippen LogP) is 2.18. The fourth-order valence-corrected chi connectivity index (χ4v) is 1.87. The van der Waals surface area contributed by atoms with Gasteiger partial charge in [-0.25, -0.2) is 10.2 Å². The van der Waals surface area contributed by atoms with Crippen molar-refractivity contribution in [2.45, 2.75) is 13.8 Å². The highest BCUT2D eigenvalue weighted by Gasteiger charge is 2.10. The maximum absolute atomic E-state index is 12.0. The molecule has 0 fully saturated rings. The molecule has 1 aromatic heterocycles. The van der Waals surface area contributed by atoms with Gasteiger partial charge in [-0.3, -0.25) is 10.2 Å². The molecule has 1 aromatic carbocycles. The van der Waals surface area contributed by atoms with Crippen molar-refractivity contribution in [2.24, 2.45) is 0 Å². The lowest BCUT2D eigenvalue weighted by Gasteiger charge is -2.11. The van der Waals surface area contributed by atoms with E-state index in [1.807, 2.05) is 42.1 Å². The lowest BCUT2D eigenvalue weighted by Crippen LogP contribution is -2.41. The minimum Gasteiger partial charge on any atom is -0.449 e. The zero-order chi connectivity index (χ0) is 15.2. The van der Waals surface area contributed by atoms with E-state index in [9.17, 15) is 9.59 Å². The lowest BCUT2D eigenvalue weighted by atomic mass is 10.1. The molecule has 0 aliphatic rings. The molecule has 0 spiro atoms. The van der Waals surface area contributed by atoms with E-state index >= 15 is 0 Å². The van der Waals surface area contributed by atoms with Gasteiger partial charge in [0.2, 0.25) is 0 Å². The molecule has 1 heterocycles. The molecule has 2 aromatic rings. The van der Waals surface area contributed by atoms with Crippen molar-refractivity contribution >= 4 is 12.0 Å². The number of hydrogen-bond acceptors (Lipinski definition) is 3. The second-order valence-corrected chi connectivity index (χ2v) is 4.39. The number of hydrazine groups is 1. The molecule has 0 unspecified atom stereocenters. The van der Waals surface area contributed by atoms with E-state index in [-0.39, 0.29) is 6.61 Å². The van der Waals surface area contributed by atoms with Crippen molar-refractivity contribution < 1.29 is 14.3 Å². The minimum atomic E-state index is -0.691. The topological polar surface area (TPSA) is 72.4 Å². The molecule has 0 aliphatic carbocycles. The lowest BCUT2D eigenvalue weighted by molar-refractivity contribution is 0.0912. The van der Waals surface area contributed by atoms with Crippen LogP contribution in [0.5, 0.6) is 0 Å². The molecule has 110 valence electrons. The molecule has 2 amide bonds. The third-order valence-corrected chi connectivity index (χ3v) is 2.91. The van der Waals surface area contributed by atoms with Crippen LogP contribution in [0.3, 0.4) is 0 Å². The van der Waals surface area contributed by atoms with Gasteiger partial charge >= 0.3 is 6.09 Å². The van der Waals surface area contributed by atoms with Crippen LogP contribution in [0.4, 0.5) is 4.79 Å². The minimum absolute atomic E-state index is 0.240. The number of nitrogens with one attached hydrogen (secondary N) is 2. The summed E-state index contributed by atoms with van der Waals surface area (Å²) in [7, 11) is 0. The van der Waals surface area contributed by atoms with Crippen molar-refractivity contribution in [1.82, 2.24) is 15.4 Å². The van der Waals surface area contributed by atoms with Crippen molar-refractivity contribution in [3.05, 3.63) is 53.9 Å². The van der Waals surface area contributed by atoms with Crippen LogP contribution in [0.25, 0.3) is 5.69 Å². The Labute approximate surface area is 122 Å². The molecule has 6 nitrogen and oxygen atoms in total. The van der Waals surface area contributed by atoms with Gasteiger partial charge in [0.05, 0.1) is 6.61 Å². The van der Waals surface area contributed by atoms with Crippen LogP contribution in [0.15, 0.2) is 42.7 Å². The predicted molar refractivity (Wildman–Crippen MR) is 78.1 cm³/mol. The van der Waals surface area contributed by atoms with Gasteiger partial charge in [0, 0.05) is 23.6 Å². The van der Waals surface area contributed by atoms with E-state index in [4.69, 9.17) is 0 Å². The molecular formula is C15H17N3O3. The highest BCUT2D eigenvalue weighted by Crippen LogP contribution is 2.16. The first-order valence-electron chi connectivity index (χ1n) is 6.59. The number of carbonyl (C=O) groups is 2. The van der Waals surface area contributed by atoms with Crippen molar-refractivity contribution in [2.75, 3.05) is 6.61 Å². The first kappa shape index (κ1) is 14.6. The third kappa shape index (κ3) is 3.62. The van der Waals surface area contributed by atoms with Gasteiger partial charge in [-0.2, -0.15) is 0 Å². The molecule has 0 saturated carbocycles. The van der Waals surface area contributed by atoms with Gasteiger partial charge in [-0.15, -0.1) is 0 Å². The molecule has 0 aliphatic heterocycles. The van der Waals surface area contributed by atoms with Crippen LogP contribution < -0.4 is 10.9 Å². The number of benzene rings is 1. The van der Waals surface area contributed by atoms with Crippen LogP contribution in [-0.4, -0.2) is 23.2 Å². The zero-order valence-electron chi connectivity index (χ0n) is 11.9. The quantitative estimate of drug-likeness (QED) is 0.850. The maximum atomic E-state index is 12.0. The molecule has 2 rings (SSSR count). The molecule has 0 bridgehead atoms. The molecule has 21 heavy (non-hydrogen) atoms. The SMILES string of the molecule is CCOC(=O)NNC(=O)c1ccc(C)c(-n2cccc2)c1. The van der Waals surface area contributed by atoms with Gasteiger partial charge in [0.25, 0.3) is 5.91 Å². The standard InChI is InChI=1S/C15H17N3O3/c1-3-21-15(20)17-16-14(19)12-7-6-11(2)13(10-12)18-8-4-5-9-18/h4-10H,3H2,1-2H3,(H,16,19)(H,17,20). The van der Waals surface area contributed by atoms with E-state index in [2.05, 4.69) is 15.6 Å². The van der Waals surface area contributed by atoms with Gasteiger partial charge in [0.15, 0.2) is 0 Å². The summed E-state index contributed by atoms with van der Waals surface area (Å²) in [6, 6.07) is 9.14. The average molecular weight is 287 g/mol. The summed E-state index contributed by atoms with van der Waals surface area (Å²) >= 11 is 0. The number of amides is 2. The fourth-order valence-electron chi connectivity index (χ4n) is 1.87. The van der Waals surface area contributed by atoms with E-state index in [0.29, 0.717) is 5.56 Å². The Hall–Kier alpha value is -2.76. The van der Waals surface area contributed by atoms with E-state index in [0.717, 1.165) is 11.3 Å². The van der Waals surface area contributed by atoms with Gasteiger partial charge in [0.1, 0.15) is 0 Å². The number of ether oxygens (including phenoxy) is 1.